The molecule has 96 valence electrons. The highest BCUT2D eigenvalue weighted by molar-refractivity contribution is 7.94. The number of carbonyl (C=O) groups is 1. The summed E-state index contributed by atoms with van der Waals surface area (Å²) in [5.41, 5.74) is 0.428. The van der Waals surface area contributed by atoms with E-state index in [0.29, 0.717) is 5.69 Å². The smallest absolute Gasteiger partial charge is 0.319 e. The maximum atomic E-state index is 11.6. The van der Waals surface area contributed by atoms with Crippen molar-refractivity contribution >= 4 is 21.6 Å². The molecule has 1 aromatic carbocycles. The largest absolute Gasteiger partial charge is 0.508 e. The summed E-state index contributed by atoms with van der Waals surface area (Å²) in [6, 6.07) is 5.03. The summed E-state index contributed by atoms with van der Waals surface area (Å²) in [6.07, 6.45) is 1.43. The monoisotopic (exact) mass is 268 g/mol. The van der Waals surface area contributed by atoms with Gasteiger partial charge in [0.05, 0.1) is 11.8 Å². The van der Waals surface area contributed by atoms with Gasteiger partial charge < -0.3 is 15.7 Å². The van der Waals surface area contributed by atoms with E-state index in [1.165, 1.54) is 18.2 Å². The highest BCUT2D eigenvalue weighted by Crippen LogP contribution is 2.15. The van der Waals surface area contributed by atoms with Crippen molar-refractivity contribution in [3.05, 3.63) is 35.7 Å². The van der Waals surface area contributed by atoms with Crippen LogP contribution in [0.3, 0.4) is 0 Å². The lowest BCUT2D eigenvalue weighted by molar-refractivity contribution is 0.251. The van der Waals surface area contributed by atoms with E-state index in [2.05, 4.69) is 10.6 Å². The Morgan fingerprint density at radius 1 is 1.39 bits per heavy atom. The van der Waals surface area contributed by atoms with Gasteiger partial charge in [-0.2, -0.15) is 0 Å². The molecule has 1 aliphatic rings. The number of sulfone groups is 1. The molecule has 2 rings (SSSR count). The standard InChI is InChI=1S/C11H12N2O4S/c14-10-3-1-2-8(6-10)12-11(15)13-9-4-5-18(16,17)7-9/h1-6,9,14H,7H2,(H2,12,13,15). The first-order valence-corrected chi connectivity index (χ1v) is 6.94. The normalized spacial score (nSPS) is 20.6. The number of hydrogen-bond acceptors (Lipinski definition) is 4. The van der Waals surface area contributed by atoms with E-state index in [-0.39, 0.29) is 11.5 Å². The Bertz CT molecular complexity index is 595. The van der Waals surface area contributed by atoms with Crippen molar-refractivity contribution in [2.45, 2.75) is 6.04 Å². The van der Waals surface area contributed by atoms with Crippen molar-refractivity contribution in [2.75, 3.05) is 11.1 Å². The number of aromatic hydroxyl groups is 1. The lowest BCUT2D eigenvalue weighted by Gasteiger charge is -2.11. The Hall–Kier alpha value is -2.02. The van der Waals surface area contributed by atoms with Crippen LogP contribution < -0.4 is 10.6 Å². The Morgan fingerprint density at radius 2 is 2.17 bits per heavy atom. The quantitative estimate of drug-likeness (QED) is 0.740. The molecule has 0 aromatic heterocycles. The Balaban J connectivity index is 1.92. The molecule has 0 saturated carbocycles. The first kappa shape index (κ1) is 12.4. The number of hydrogen-bond donors (Lipinski definition) is 3. The second-order valence-electron chi connectivity index (χ2n) is 3.91. The number of phenolic OH excluding ortho intramolecular Hbond substituents is 1. The third kappa shape index (κ3) is 3.24. The predicted octanol–water partition coefficient (Wildman–Crippen LogP) is 0.824. The molecule has 3 N–H and O–H groups in total. The average Bonchev–Trinajstić information content (AvgIpc) is 2.57. The first-order valence-electron chi connectivity index (χ1n) is 5.22. The Labute approximate surface area is 104 Å². The molecule has 7 heteroatoms. The van der Waals surface area contributed by atoms with Gasteiger partial charge in [0.1, 0.15) is 5.75 Å². The first-order chi connectivity index (χ1) is 8.44. The molecule has 1 aromatic rings. The number of urea groups is 1. The van der Waals surface area contributed by atoms with Crippen LogP contribution in [0.15, 0.2) is 35.7 Å². The van der Waals surface area contributed by atoms with Crippen LogP contribution in [0.5, 0.6) is 5.75 Å². The van der Waals surface area contributed by atoms with Gasteiger partial charge in [-0.1, -0.05) is 6.07 Å². The van der Waals surface area contributed by atoms with Crippen molar-refractivity contribution in [3.8, 4) is 5.75 Å². The molecule has 1 aliphatic heterocycles. The summed E-state index contributed by atoms with van der Waals surface area (Å²) in [4.78, 5) is 11.6. The Morgan fingerprint density at radius 3 is 2.78 bits per heavy atom. The van der Waals surface area contributed by atoms with E-state index >= 15 is 0 Å². The van der Waals surface area contributed by atoms with Gasteiger partial charge in [-0.25, -0.2) is 13.2 Å². The zero-order chi connectivity index (χ0) is 13.2. The lowest BCUT2D eigenvalue weighted by Crippen LogP contribution is -2.38. The van der Waals surface area contributed by atoms with Gasteiger partial charge >= 0.3 is 6.03 Å². The van der Waals surface area contributed by atoms with Gasteiger partial charge in [0.2, 0.25) is 0 Å². The molecule has 1 atom stereocenters. The maximum Gasteiger partial charge on any atom is 0.319 e. The highest BCUT2D eigenvalue weighted by atomic mass is 32.2. The molecule has 0 bridgehead atoms. The third-order valence-corrected chi connectivity index (χ3v) is 3.75. The molecule has 0 aliphatic carbocycles. The highest BCUT2D eigenvalue weighted by Gasteiger charge is 2.22. The van der Waals surface area contributed by atoms with Crippen LogP contribution in [0.4, 0.5) is 10.5 Å². The fraction of sp³-hybridized carbons (Fsp3) is 0.182. The SMILES string of the molecule is O=C(Nc1cccc(O)c1)NC1C=CS(=O)(=O)C1. The molecule has 0 saturated heterocycles. The number of benzene rings is 1. The van der Waals surface area contributed by atoms with Crippen LogP contribution >= 0.6 is 0 Å². The van der Waals surface area contributed by atoms with Crippen molar-refractivity contribution < 1.29 is 18.3 Å². The molecule has 0 spiro atoms. The van der Waals surface area contributed by atoms with Crippen LogP contribution in [0.25, 0.3) is 0 Å². The van der Waals surface area contributed by atoms with Crippen LogP contribution in [-0.4, -0.2) is 31.4 Å². The van der Waals surface area contributed by atoms with Gasteiger partial charge in [-0.15, -0.1) is 0 Å². The molecular formula is C11H12N2O4S. The summed E-state index contributed by atoms with van der Waals surface area (Å²) in [6.45, 7) is 0. The Kier molecular flexibility index (Phi) is 3.24. The fourth-order valence-electron chi connectivity index (χ4n) is 1.58. The topological polar surface area (TPSA) is 95.5 Å². The predicted molar refractivity (Wildman–Crippen MR) is 67.0 cm³/mol. The minimum atomic E-state index is -3.18. The fourth-order valence-corrected chi connectivity index (χ4v) is 2.82. The number of rotatable bonds is 2. The lowest BCUT2D eigenvalue weighted by atomic mass is 10.3. The minimum absolute atomic E-state index is 0.0381. The van der Waals surface area contributed by atoms with Crippen molar-refractivity contribution in [2.24, 2.45) is 0 Å². The molecule has 2 amide bonds. The number of nitrogens with one attached hydrogen (secondary N) is 2. The van der Waals surface area contributed by atoms with E-state index in [4.69, 9.17) is 0 Å². The maximum absolute atomic E-state index is 11.6. The summed E-state index contributed by atoms with van der Waals surface area (Å²) >= 11 is 0. The van der Waals surface area contributed by atoms with Crippen LogP contribution in [0.2, 0.25) is 0 Å². The van der Waals surface area contributed by atoms with Crippen LogP contribution in [0, 0.1) is 0 Å². The zero-order valence-electron chi connectivity index (χ0n) is 9.33. The van der Waals surface area contributed by atoms with Gasteiger partial charge in [0, 0.05) is 17.2 Å². The third-order valence-electron chi connectivity index (χ3n) is 2.35. The van der Waals surface area contributed by atoms with Crippen LogP contribution in [0.1, 0.15) is 0 Å². The molecular weight excluding hydrogens is 256 g/mol. The molecule has 18 heavy (non-hydrogen) atoms. The van der Waals surface area contributed by atoms with Gasteiger partial charge in [0.25, 0.3) is 0 Å². The van der Waals surface area contributed by atoms with Gasteiger partial charge in [0.15, 0.2) is 9.84 Å². The van der Waals surface area contributed by atoms with Crippen molar-refractivity contribution in [3.63, 3.8) is 0 Å². The second-order valence-corrected chi connectivity index (χ2v) is 5.84. The number of anilines is 1. The van der Waals surface area contributed by atoms with E-state index in [1.54, 1.807) is 12.1 Å². The summed E-state index contributed by atoms with van der Waals surface area (Å²) < 4.78 is 22.3. The van der Waals surface area contributed by atoms with E-state index in [0.717, 1.165) is 5.41 Å². The summed E-state index contributed by atoms with van der Waals surface area (Å²) in [5.74, 6) is -0.0865. The molecule has 6 nitrogen and oxygen atoms in total. The zero-order valence-corrected chi connectivity index (χ0v) is 10.1. The average molecular weight is 268 g/mol. The van der Waals surface area contributed by atoms with Crippen molar-refractivity contribution in [1.29, 1.82) is 0 Å². The van der Waals surface area contributed by atoms with Gasteiger partial charge in [-0.05, 0) is 18.2 Å². The second kappa shape index (κ2) is 4.69. The number of phenols is 1. The molecule has 1 heterocycles. The number of amides is 2. The van der Waals surface area contributed by atoms with Crippen LogP contribution in [-0.2, 0) is 9.84 Å². The summed E-state index contributed by atoms with van der Waals surface area (Å²) in [5, 5.41) is 15.3. The summed E-state index contributed by atoms with van der Waals surface area (Å²) in [7, 11) is -3.18. The van der Waals surface area contributed by atoms with E-state index in [1.807, 2.05) is 0 Å². The van der Waals surface area contributed by atoms with E-state index in [9.17, 15) is 18.3 Å². The number of carbonyl (C=O) groups excluding carboxylic acids is 1. The molecule has 1 unspecified atom stereocenters. The molecule has 0 radical (unpaired) electrons. The minimum Gasteiger partial charge on any atom is -0.508 e. The molecule has 0 fully saturated rings. The van der Waals surface area contributed by atoms with Crippen molar-refractivity contribution in [1.82, 2.24) is 5.32 Å². The van der Waals surface area contributed by atoms with Gasteiger partial charge in [-0.3, -0.25) is 0 Å². The van der Waals surface area contributed by atoms with E-state index < -0.39 is 21.9 Å².